The van der Waals surface area contributed by atoms with Gasteiger partial charge in [0.15, 0.2) is 0 Å². The van der Waals surface area contributed by atoms with Crippen molar-refractivity contribution in [3.05, 3.63) is 24.0 Å². The van der Waals surface area contributed by atoms with Crippen molar-refractivity contribution in [2.45, 2.75) is 20.8 Å². The van der Waals surface area contributed by atoms with E-state index in [4.69, 9.17) is 9.84 Å². The summed E-state index contributed by atoms with van der Waals surface area (Å²) in [7, 11) is 0. The van der Waals surface area contributed by atoms with Gasteiger partial charge in [0.05, 0.1) is 12.3 Å². The summed E-state index contributed by atoms with van der Waals surface area (Å²) in [5, 5.41) is 12.3. The lowest BCUT2D eigenvalue weighted by Crippen LogP contribution is -2.26. The molecule has 1 aromatic carbocycles. The van der Waals surface area contributed by atoms with Crippen LogP contribution in [0, 0.1) is 11.2 Å². The van der Waals surface area contributed by atoms with Crippen molar-refractivity contribution in [2.75, 3.05) is 25.1 Å². The van der Waals surface area contributed by atoms with Crippen LogP contribution in [-0.2, 0) is 0 Å². The number of aliphatic hydroxyl groups is 1. The van der Waals surface area contributed by atoms with Crippen molar-refractivity contribution < 1.29 is 14.2 Å². The average Bonchev–Trinajstić information content (AvgIpc) is 2.28. The molecule has 0 amide bonds. The largest absolute Gasteiger partial charge is 0.492 e. The highest BCUT2D eigenvalue weighted by Gasteiger charge is 2.17. The molecule has 0 aliphatic heterocycles. The lowest BCUT2D eigenvalue weighted by molar-refractivity contribution is 0.170. The summed E-state index contributed by atoms with van der Waals surface area (Å²) in [6.45, 7) is 6.92. The van der Waals surface area contributed by atoms with Crippen LogP contribution in [0.3, 0.4) is 0 Å². The maximum Gasteiger partial charge on any atom is 0.145 e. The van der Waals surface area contributed by atoms with E-state index in [2.05, 4.69) is 5.32 Å². The first kappa shape index (κ1) is 13.8. The molecule has 0 atom stereocenters. The number of halogens is 1. The molecular formula is C13H20FNO2. The van der Waals surface area contributed by atoms with Gasteiger partial charge in [-0.15, -0.1) is 0 Å². The van der Waals surface area contributed by atoms with Crippen LogP contribution in [0.5, 0.6) is 5.75 Å². The van der Waals surface area contributed by atoms with Crippen LogP contribution in [-0.4, -0.2) is 24.9 Å². The first-order valence-electron chi connectivity index (χ1n) is 5.75. The molecule has 4 heteroatoms. The highest BCUT2D eigenvalue weighted by Crippen LogP contribution is 2.26. The molecule has 17 heavy (non-hydrogen) atoms. The summed E-state index contributed by atoms with van der Waals surface area (Å²) in [5.41, 5.74) is 0.521. The summed E-state index contributed by atoms with van der Waals surface area (Å²) in [6.07, 6.45) is 0. The number of nitrogens with one attached hydrogen (secondary N) is 1. The number of hydrogen-bond donors (Lipinski definition) is 2. The van der Waals surface area contributed by atoms with E-state index in [0.29, 0.717) is 18.9 Å². The fraction of sp³-hybridized carbons (Fsp3) is 0.538. The Balaban J connectivity index is 2.76. The Hall–Kier alpha value is -1.29. The van der Waals surface area contributed by atoms with Gasteiger partial charge in [-0.2, -0.15) is 0 Å². The number of benzene rings is 1. The summed E-state index contributed by atoms with van der Waals surface area (Å²) in [4.78, 5) is 0. The molecule has 1 aromatic rings. The van der Waals surface area contributed by atoms with E-state index in [9.17, 15) is 4.39 Å². The van der Waals surface area contributed by atoms with Crippen LogP contribution < -0.4 is 10.1 Å². The Labute approximate surface area is 102 Å². The fourth-order valence-corrected chi connectivity index (χ4v) is 1.31. The molecule has 1 rings (SSSR count). The Morgan fingerprint density at radius 1 is 1.41 bits per heavy atom. The molecule has 0 aromatic heterocycles. The molecule has 0 bridgehead atoms. The van der Waals surface area contributed by atoms with Crippen LogP contribution in [0.15, 0.2) is 18.2 Å². The molecule has 0 saturated carbocycles. The SMILES string of the molecule is CCOc1cc(F)ccc1NCC(C)(C)CO. The molecule has 3 nitrogen and oxygen atoms in total. The monoisotopic (exact) mass is 241 g/mol. The van der Waals surface area contributed by atoms with Crippen molar-refractivity contribution in [3.8, 4) is 5.75 Å². The Kier molecular flexibility index (Phi) is 4.75. The minimum Gasteiger partial charge on any atom is -0.492 e. The molecule has 0 spiro atoms. The van der Waals surface area contributed by atoms with Gasteiger partial charge in [-0.3, -0.25) is 0 Å². The van der Waals surface area contributed by atoms with Crippen molar-refractivity contribution in [2.24, 2.45) is 5.41 Å². The van der Waals surface area contributed by atoms with E-state index < -0.39 is 0 Å². The fourth-order valence-electron chi connectivity index (χ4n) is 1.31. The third kappa shape index (κ3) is 4.23. The summed E-state index contributed by atoms with van der Waals surface area (Å²) in [6, 6.07) is 4.39. The molecule has 96 valence electrons. The van der Waals surface area contributed by atoms with E-state index in [1.54, 1.807) is 6.07 Å². The van der Waals surface area contributed by atoms with Crippen LogP contribution in [0.1, 0.15) is 20.8 Å². The Morgan fingerprint density at radius 2 is 2.12 bits per heavy atom. The van der Waals surface area contributed by atoms with Crippen LogP contribution >= 0.6 is 0 Å². The van der Waals surface area contributed by atoms with Crippen molar-refractivity contribution >= 4 is 5.69 Å². The number of aliphatic hydroxyl groups excluding tert-OH is 1. The van der Waals surface area contributed by atoms with Gasteiger partial charge in [0.25, 0.3) is 0 Å². The number of ether oxygens (including phenoxy) is 1. The predicted octanol–water partition coefficient (Wildman–Crippen LogP) is 2.65. The van der Waals surface area contributed by atoms with E-state index in [0.717, 1.165) is 5.69 Å². The first-order valence-corrected chi connectivity index (χ1v) is 5.75. The van der Waals surface area contributed by atoms with Crippen molar-refractivity contribution in [1.29, 1.82) is 0 Å². The summed E-state index contributed by atoms with van der Waals surface area (Å²) in [5.74, 6) is 0.182. The van der Waals surface area contributed by atoms with Gasteiger partial charge < -0.3 is 15.2 Å². The first-order chi connectivity index (χ1) is 7.98. The molecule has 0 saturated heterocycles. The Bertz CT molecular complexity index is 366. The van der Waals surface area contributed by atoms with Crippen molar-refractivity contribution in [3.63, 3.8) is 0 Å². The molecule has 0 unspecified atom stereocenters. The van der Waals surface area contributed by atoms with Crippen LogP contribution in [0.25, 0.3) is 0 Å². The normalized spacial score (nSPS) is 11.4. The molecule has 0 aliphatic rings. The van der Waals surface area contributed by atoms with E-state index in [-0.39, 0.29) is 17.8 Å². The number of anilines is 1. The summed E-state index contributed by atoms with van der Waals surface area (Å²) < 4.78 is 18.4. The highest BCUT2D eigenvalue weighted by atomic mass is 19.1. The van der Waals surface area contributed by atoms with E-state index >= 15 is 0 Å². The molecule has 0 heterocycles. The molecule has 0 aliphatic carbocycles. The second-order valence-corrected chi connectivity index (χ2v) is 4.75. The maximum atomic E-state index is 13.1. The second-order valence-electron chi connectivity index (χ2n) is 4.75. The minimum absolute atomic E-state index is 0.0885. The van der Waals surface area contributed by atoms with Gasteiger partial charge in [-0.1, -0.05) is 13.8 Å². The molecule has 0 radical (unpaired) electrons. The highest BCUT2D eigenvalue weighted by molar-refractivity contribution is 5.56. The Morgan fingerprint density at radius 3 is 2.71 bits per heavy atom. The van der Waals surface area contributed by atoms with Gasteiger partial charge in [0.2, 0.25) is 0 Å². The van der Waals surface area contributed by atoms with Crippen LogP contribution in [0.4, 0.5) is 10.1 Å². The van der Waals surface area contributed by atoms with Crippen molar-refractivity contribution in [1.82, 2.24) is 0 Å². The smallest absolute Gasteiger partial charge is 0.145 e. The van der Waals surface area contributed by atoms with Gasteiger partial charge in [0, 0.05) is 24.6 Å². The molecule has 2 N–H and O–H groups in total. The quantitative estimate of drug-likeness (QED) is 0.804. The second kappa shape index (κ2) is 5.87. The third-order valence-electron chi connectivity index (χ3n) is 2.43. The standard InChI is InChI=1S/C13H20FNO2/c1-4-17-12-7-10(14)5-6-11(12)15-8-13(2,3)9-16/h5-7,15-16H,4,8-9H2,1-3H3. The molecular weight excluding hydrogens is 221 g/mol. The lowest BCUT2D eigenvalue weighted by Gasteiger charge is -2.23. The summed E-state index contributed by atoms with van der Waals surface area (Å²) >= 11 is 0. The zero-order valence-electron chi connectivity index (χ0n) is 10.6. The number of hydrogen-bond acceptors (Lipinski definition) is 3. The van der Waals surface area contributed by atoms with Gasteiger partial charge in [0.1, 0.15) is 11.6 Å². The van der Waals surface area contributed by atoms with Crippen LogP contribution in [0.2, 0.25) is 0 Å². The zero-order valence-corrected chi connectivity index (χ0v) is 10.6. The molecule has 0 fully saturated rings. The van der Waals surface area contributed by atoms with E-state index in [1.165, 1.54) is 12.1 Å². The predicted molar refractivity (Wildman–Crippen MR) is 66.9 cm³/mol. The average molecular weight is 241 g/mol. The topological polar surface area (TPSA) is 41.5 Å². The van der Waals surface area contributed by atoms with Gasteiger partial charge >= 0.3 is 0 Å². The number of rotatable bonds is 6. The third-order valence-corrected chi connectivity index (χ3v) is 2.43. The zero-order chi connectivity index (χ0) is 12.9. The van der Waals surface area contributed by atoms with Gasteiger partial charge in [-0.05, 0) is 19.1 Å². The van der Waals surface area contributed by atoms with Gasteiger partial charge in [-0.25, -0.2) is 4.39 Å². The lowest BCUT2D eigenvalue weighted by atomic mass is 9.95. The van der Waals surface area contributed by atoms with E-state index in [1.807, 2.05) is 20.8 Å². The maximum absolute atomic E-state index is 13.1. The minimum atomic E-state index is -0.319.